The van der Waals surface area contributed by atoms with E-state index in [9.17, 15) is 4.79 Å². The minimum absolute atomic E-state index is 0.597. The van der Waals surface area contributed by atoms with Gasteiger partial charge in [-0.15, -0.1) is 0 Å². The van der Waals surface area contributed by atoms with Crippen LogP contribution in [0.4, 0.5) is 0 Å². The van der Waals surface area contributed by atoms with Gasteiger partial charge in [-0.05, 0) is 22.0 Å². The number of ether oxygens (including phenoxy) is 1. The molecule has 0 aliphatic carbocycles. The van der Waals surface area contributed by atoms with Gasteiger partial charge in [0, 0.05) is 0 Å². The zero-order chi connectivity index (χ0) is 7.56. The highest BCUT2D eigenvalue weighted by Gasteiger charge is 2.05. The first-order valence-electron chi connectivity index (χ1n) is 2.56. The summed E-state index contributed by atoms with van der Waals surface area (Å²) in [4.78, 5) is 10.3. The summed E-state index contributed by atoms with van der Waals surface area (Å²) in [6.45, 7) is 0. The number of hydrogen-bond donors (Lipinski definition) is 0. The Kier molecular flexibility index (Phi) is 2.45. The SMILES string of the molecule is COc1sc(Br)cc1C=O. The highest BCUT2D eigenvalue weighted by molar-refractivity contribution is 9.11. The molecule has 0 saturated carbocycles. The fourth-order valence-corrected chi connectivity index (χ4v) is 1.96. The van der Waals surface area contributed by atoms with Crippen LogP contribution in [0.3, 0.4) is 0 Å². The van der Waals surface area contributed by atoms with Gasteiger partial charge in [-0.2, -0.15) is 0 Å². The van der Waals surface area contributed by atoms with Crippen molar-refractivity contribution in [1.29, 1.82) is 0 Å². The maximum Gasteiger partial charge on any atom is 0.185 e. The van der Waals surface area contributed by atoms with E-state index < -0.39 is 0 Å². The molecule has 1 rings (SSSR count). The fourth-order valence-electron chi connectivity index (χ4n) is 0.600. The van der Waals surface area contributed by atoms with Gasteiger partial charge in [-0.25, -0.2) is 0 Å². The third kappa shape index (κ3) is 1.38. The highest BCUT2D eigenvalue weighted by Crippen LogP contribution is 2.32. The van der Waals surface area contributed by atoms with Crippen LogP contribution in [0, 0.1) is 0 Å². The molecule has 0 radical (unpaired) electrons. The minimum Gasteiger partial charge on any atom is -0.487 e. The molecule has 0 aliphatic heterocycles. The summed E-state index contributed by atoms with van der Waals surface area (Å²) in [6, 6.07) is 1.73. The van der Waals surface area contributed by atoms with Gasteiger partial charge in [0.25, 0.3) is 0 Å². The summed E-state index contributed by atoms with van der Waals surface area (Å²) in [5.74, 6) is 0. The van der Waals surface area contributed by atoms with Crippen LogP contribution in [0.5, 0.6) is 5.06 Å². The molecule has 0 saturated heterocycles. The summed E-state index contributed by atoms with van der Waals surface area (Å²) in [6.07, 6.45) is 0.778. The molecule has 2 nitrogen and oxygen atoms in total. The molecule has 0 atom stereocenters. The molecule has 1 aromatic heterocycles. The number of carbonyl (C=O) groups is 1. The number of carbonyl (C=O) groups excluding carboxylic acids is 1. The van der Waals surface area contributed by atoms with Crippen molar-refractivity contribution in [3.05, 3.63) is 15.4 Å². The molecule has 54 valence electrons. The van der Waals surface area contributed by atoms with Crippen molar-refractivity contribution < 1.29 is 9.53 Å². The van der Waals surface area contributed by atoms with E-state index in [1.807, 2.05) is 0 Å². The fraction of sp³-hybridized carbons (Fsp3) is 0.167. The van der Waals surface area contributed by atoms with Crippen LogP contribution in [-0.4, -0.2) is 13.4 Å². The molecule has 1 aromatic rings. The summed E-state index contributed by atoms with van der Waals surface area (Å²) in [5.41, 5.74) is 0.597. The zero-order valence-corrected chi connectivity index (χ0v) is 7.66. The Bertz CT molecular complexity index is 244. The lowest BCUT2D eigenvalue weighted by atomic mass is 10.4. The van der Waals surface area contributed by atoms with Gasteiger partial charge in [0.15, 0.2) is 11.3 Å². The lowest BCUT2D eigenvalue weighted by molar-refractivity contribution is 0.112. The van der Waals surface area contributed by atoms with E-state index in [0.29, 0.717) is 10.6 Å². The number of halogens is 1. The van der Waals surface area contributed by atoms with E-state index in [1.54, 1.807) is 13.2 Å². The Morgan fingerprint density at radius 1 is 1.80 bits per heavy atom. The van der Waals surface area contributed by atoms with Crippen molar-refractivity contribution in [3.8, 4) is 5.06 Å². The van der Waals surface area contributed by atoms with Crippen molar-refractivity contribution >= 4 is 33.6 Å². The van der Waals surface area contributed by atoms with Crippen molar-refractivity contribution in [2.24, 2.45) is 0 Å². The third-order valence-electron chi connectivity index (χ3n) is 1.01. The molecule has 0 bridgehead atoms. The molecule has 0 fully saturated rings. The van der Waals surface area contributed by atoms with Gasteiger partial charge in [-0.1, -0.05) is 11.3 Å². The Balaban J connectivity index is 3.08. The first-order chi connectivity index (χ1) is 4.77. The second kappa shape index (κ2) is 3.16. The van der Waals surface area contributed by atoms with E-state index in [-0.39, 0.29) is 0 Å². The molecule has 0 amide bonds. The van der Waals surface area contributed by atoms with Crippen molar-refractivity contribution in [2.75, 3.05) is 7.11 Å². The molecule has 0 N–H and O–H groups in total. The van der Waals surface area contributed by atoms with Crippen molar-refractivity contribution in [3.63, 3.8) is 0 Å². The van der Waals surface area contributed by atoms with Crippen LogP contribution < -0.4 is 4.74 Å². The normalized spacial score (nSPS) is 9.40. The van der Waals surface area contributed by atoms with E-state index >= 15 is 0 Å². The third-order valence-corrected chi connectivity index (χ3v) is 2.62. The maximum atomic E-state index is 10.3. The summed E-state index contributed by atoms with van der Waals surface area (Å²) < 4.78 is 5.82. The van der Waals surface area contributed by atoms with Gasteiger partial charge in [0.1, 0.15) is 0 Å². The smallest absolute Gasteiger partial charge is 0.185 e. The predicted octanol–water partition coefficient (Wildman–Crippen LogP) is 2.33. The monoisotopic (exact) mass is 220 g/mol. The number of methoxy groups -OCH3 is 1. The van der Waals surface area contributed by atoms with Crippen LogP contribution >= 0.6 is 27.3 Å². The van der Waals surface area contributed by atoms with Gasteiger partial charge in [0.2, 0.25) is 0 Å². The zero-order valence-electron chi connectivity index (χ0n) is 5.26. The van der Waals surface area contributed by atoms with Crippen molar-refractivity contribution in [2.45, 2.75) is 0 Å². The van der Waals surface area contributed by atoms with Crippen LogP contribution in [0.25, 0.3) is 0 Å². The van der Waals surface area contributed by atoms with Crippen molar-refractivity contribution in [1.82, 2.24) is 0 Å². The molecular weight excluding hydrogens is 216 g/mol. The van der Waals surface area contributed by atoms with E-state index in [2.05, 4.69) is 15.9 Å². The molecule has 0 aromatic carbocycles. The molecule has 0 spiro atoms. The second-order valence-corrected chi connectivity index (χ2v) is 4.01. The average Bonchev–Trinajstić information content (AvgIpc) is 2.30. The molecule has 4 heteroatoms. The van der Waals surface area contributed by atoms with Gasteiger partial charge in [-0.3, -0.25) is 4.79 Å². The molecular formula is C6H5BrO2S. The van der Waals surface area contributed by atoms with Gasteiger partial charge in [0.05, 0.1) is 16.5 Å². The molecule has 10 heavy (non-hydrogen) atoms. The van der Waals surface area contributed by atoms with E-state index in [0.717, 1.165) is 10.1 Å². The summed E-state index contributed by atoms with van der Waals surface area (Å²) >= 11 is 4.65. The summed E-state index contributed by atoms with van der Waals surface area (Å²) in [5, 5.41) is 0.655. The van der Waals surface area contributed by atoms with Gasteiger partial charge >= 0.3 is 0 Å². The topological polar surface area (TPSA) is 26.3 Å². The largest absolute Gasteiger partial charge is 0.487 e. The van der Waals surface area contributed by atoms with Crippen LogP contribution in [0.1, 0.15) is 10.4 Å². The summed E-state index contributed by atoms with van der Waals surface area (Å²) in [7, 11) is 1.55. The average molecular weight is 221 g/mol. The highest BCUT2D eigenvalue weighted by atomic mass is 79.9. The second-order valence-electron chi connectivity index (χ2n) is 1.62. The Morgan fingerprint density at radius 2 is 2.50 bits per heavy atom. The van der Waals surface area contributed by atoms with Crippen LogP contribution in [-0.2, 0) is 0 Å². The number of rotatable bonds is 2. The molecule has 0 aliphatic rings. The Morgan fingerprint density at radius 3 is 2.90 bits per heavy atom. The predicted molar refractivity (Wildman–Crippen MR) is 44.0 cm³/mol. The maximum absolute atomic E-state index is 10.3. The van der Waals surface area contributed by atoms with Crippen LogP contribution in [0.15, 0.2) is 9.85 Å². The minimum atomic E-state index is 0.597. The Hall–Kier alpha value is -0.350. The number of thiophene rings is 1. The van der Waals surface area contributed by atoms with E-state index in [4.69, 9.17) is 4.74 Å². The van der Waals surface area contributed by atoms with E-state index in [1.165, 1.54) is 11.3 Å². The lowest BCUT2D eigenvalue weighted by Crippen LogP contribution is -1.82. The Labute approximate surface area is 70.9 Å². The number of hydrogen-bond acceptors (Lipinski definition) is 3. The van der Waals surface area contributed by atoms with Gasteiger partial charge < -0.3 is 4.74 Å². The molecule has 1 heterocycles. The quantitative estimate of drug-likeness (QED) is 0.716. The lowest BCUT2D eigenvalue weighted by Gasteiger charge is -1.91. The molecule has 0 unspecified atom stereocenters. The first-order valence-corrected chi connectivity index (χ1v) is 4.17. The number of aldehydes is 1. The first kappa shape index (κ1) is 7.75. The van der Waals surface area contributed by atoms with Crippen LogP contribution in [0.2, 0.25) is 0 Å². The standard InChI is InChI=1S/C6H5BrO2S/c1-9-6-4(3-8)2-5(7)10-6/h2-3H,1H3.